The number of aryl methyl sites for hydroxylation is 1. The average molecular weight is 417 g/mol. The zero-order chi connectivity index (χ0) is 19.5. The number of rotatable bonds is 5. The van der Waals surface area contributed by atoms with Gasteiger partial charge in [-0.3, -0.25) is 14.5 Å². The maximum atomic E-state index is 13.4. The van der Waals surface area contributed by atoms with E-state index in [1.807, 2.05) is 12.1 Å². The van der Waals surface area contributed by atoms with Crippen molar-refractivity contribution in [3.05, 3.63) is 50.9 Å². The van der Waals surface area contributed by atoms with E-state index < -0.39 is 0 Å². The first-order valence-corrected chi connectivity index (χ1v) is 11.3. The summed E-state index contributed by atoms with van der Waals surface area (Å²) in [7, 11) is 0. The number of halogens is 1. The molecule has 28 heavy (non-hydrogen) atoms. The molecule has 4 rings (SSSR count). The Kier molecular flexibility index (Phi) is 6.14. The van der Waals surface area contributed by atoms with Crippen molar-refractivity contribution >= 4 is 39.6 Å². The van der Waals surface area contributed by atoms with Crippen LogP contribution in [0.5, 0.6) is 0 Å². The summed E-state index contributed by atoms with van der Waals surface area (Å²) in [4.78, 5) is 29.5. The van der Waals surface area contributed by atoms with E-state index in [0.717, 1.165) is 57.2 Å². The van der Waals surface area contributed by atoms with Crippen LogP contribution in [-0.2, 0) is 17.6 Å². The molecule has 0 bridgehead atoms. The fourth-order valence-electron chi connectivity index (χ4n) is 4.16. The highest BCUT2D eigenvalue weighted by Crippen LogP contribution is 2.40. The second-order valence-corrected chi connectivity index (χ2v) is 9.12. The molecule has 2 aliphatic rings. The van der Waals surface area contributed by atoms with Crippen LogP contribution >= 0.6 is 22.9 Å². The van der Waals surface area contributed by atoms with Crippen molar-refractivity contribution in [3.63, 3.8) is 0 Å². The maximum absolute atomic E-state index is 13.4. The number of fused-ring (bicyclic) bond motifs is 1. The Hall–Kier alpha value is -1.69. The zero-order valence-electron chi connectivity index (χ0n) is 15.9. The normalized spacial score (nSPS) is 17.2. The van der Waals surface area contributed by atoms with Gasteiger partial charge in [0.05, 0.1) is 17.1 Å². The van der Waals surface area contributed by atoms with E-state index in [2.05, 4.69) is 10.2 Å². The van der Waals surface area contributed by atoms with Gasteiger partial charge >= 0.3 is 0 Å². The van der Waals surface area contributed by atoms with Crippen LogP contribution in [0.1, 0.15) is 58.5 Å². The first-order valence-electron chi connectivity index (χ1n) is 10.1. The predicted molar refractivity (Wildman–Crippen MR) is 115 cm³/mol. The highest BCUT2D eigenvalue weighted by atomic mass is 35.5. The summed E-state index contributed by atoms with van der Waals surface area (Å²) < 4.78 is 0. The second kappa shape index (κ2) is 8.76. The molecule has 1 saturated heterocycles. The molecule has 1 aliphatic carbocycles. The van der Waals surface area contributed by atoms with Gasteiger partial charge in [0.2, 0.25) is 5.91 Å². The number of benzene rings is 1. The third-order valence-electron chi connectivity index (χ3n) is 5.59. The number of anilines is 1. The van der Waals surface area contributed by atoms with E-state index in [1.54, 1.807) is 23.5 Å². The summed E-state index contributed by atoms with van der Waals surface area (Å²) in [6.45, 7) is 2.34. The number of hydrogen-bond acceptors (Lipinski definition) is 4. The number of nitrogens with zero attached hydrogens (tertiary/aromatic N) is 1. The van der Waals surface area contributed by atoms with Gasteiger partial charge in [0, 0.05) is 10.4 Å². The van der Waals surface area contributed by atoms with Gasteiger partial charge in [0.1, 0.15) is 5.00 Å². The van der Waals surface area contributed by atoms with Gasteiger partial charge < -0.3 is 5.32 Å². The topological polar surface area (TPSA) is 49.4 Å². The Morgan fingerprint density at radius 2 is 1.79 bits per heavy atom. The summed E-state index contributed by atoms with van der Waals surface area (Å²) in [5, 5.41) is 4.21. The zero-order valence-corrected chi connectivity index (χ0v) is 17.5. The number of likely N-dealkylation sites (tertiary alicyclic amines) is 1. The number of piperidine rings is 1. The Balaban J connectivity index is 1.61. The molecular formula is C22H25ClN2O2S. The van der Waals surface area contributed by atoms with Gasteiger partial charge in [-0.2, -0.15) is 0 Å². The minimum Gasteiger partial charge on any atom is -0.316 e. The highest BCUT2D eigenvalue weighted by molar-refractivity contribution is 7.17. The monoisotopic (exact) mass is 416 g/mol. The van der Waals surface area contributed by atoms with E-state index >= 15 is 0 Å². The highest BCUT2D eigenvalue weighted by Gasteiger charge is 2.28. The summed E-state index contributed by atoms with van der Waals surface area (Å²) in [5.74, 6) is -0.119. The van der Waals surface area contributed by atoms with Gasteiger partial charge in [-0.25, -0.2) is 0 Å². The molecule has 1 aromatic heterocycles. The van der Waals surface area contributed by atoms with Gasteiger partial charge in [-0.1, -0.05) is 30.2 Å². The largest absolute Gasteiger partial charge is 0.316 e. The number of nitrogens with one attached hydrogen (secondary N) is 1. The number of ketones is 1. The van der Waals surface area contributed by atoms with Gasteiger partial charge in [-0.05, 0) is 69.3 Å². The fourth-order valence-corrected chi connectivity index (χ4v) is 5.69. The van der Waals surface area contributed by atoms with Gasteiger partial charge in [0.25, 0.3) is 0 Å². The number of hydrogen-bond donors (Lipinski definition) is 1. The van der Waals surface area contributed by atoms with Crippen molar-refractivity contribution < 1.29 is 9.59 Å². The molecule has 0 spiro atoms. The molecule has 1 N–H and O–H groups in total. The van der Waals surface area contributed by atoms with Crippen molar-refractivity contribution in [3.8, 4) is 0 Å². The van der Waals surface area contributed by atoms with Crippen molar-refractivity contribution in [1.82, 2.24) is 4.90 Å². The summed E-state index contributed by atoms with van der Waals surface area (Å²) in [6, 6.07) is 7.15. The molecular weight excluding hydrogens is 392 g/mol. The van der Waals surface area contributed by atoms with Crippen LogP contribution in [-0.4, -0.2) is 36.2 Å². The summed E-state index contributed by atoms with van der Waals surface area (Å²) >= 11 is 7.86. The van der Waals surface area contributed by atoms with Crippen molar-refractivity contribution in [2.24, 2.45) is 0 Å². The first kappa shape index (κ1) is 19.6. The average Bonchev–Trinajstić information content (AvgIpc) is 3.06. The molecule has 0 atom stereocenters. The smallest absolute Gasteiger partial charge is 0.239 e. The molecule has 1 fully saturated rings. The summed E-state index contributed by atoms with van der Waals surface area (Å²) in [6.07, 6.45) is 7.62. The molecule has 0 radical (unpaired) electrons. The molecule has 1 amide bonds. The molecule has 0 saturated carbocycles. The standard InChI is InChI=1S/C22H25ClN2O2S/c23-17-10-4-2-8-15(17)21(27)20-16-9-3-5-11-18(16)28-22(20)24-19(26)14-25-12-6-1-7-13-25/h2,4,8,10H,1,3,5-7,9,11-14H2,(H,24,26). The third-order valence-corrected chi connectivity index (χ3v) is 7.12. The first-order chi connectivity index (χ1) is 13.6. The fraction of sp³-hybridized carbons (Fsp3) is 0.455. The SMILES string of the molecule is O=C(CN1CCCCC1)Nc1sc2c(c1C(=O)c1ccccc1Cl)CCCC2. The number of carbonyl (C=O) groups excluding carboxylic acids is 2. The molecule has 6 heteroatoms. The van der Waals surface area contributed by atoms with Gasteiger partial charge in [0.15, 0.2) is 5.78 Å². The lowest BCUT2D eigenvalue weighted by atomic mass is 9.92. The van der Waals surface area contributed by atoms with Crippen LogP contribution in [0.4, 0.5) is 5.00 Å². The summed E-state index contributed by atoms with van der Waals surface area (Å²) in [5.41, 5.74) is 2.26. The Labute approximate surface area is 174 Å². The van der Waals surface area contributed by atoms with E-state index in [-0.39, 0.29) is 11.7 Å². The van der Waals surface area contributed by atoms with E-state index in [9.17, 15) is 9.59 Å². The number of thiophene rings is 1. The van der Waals surface area contributed by atoms with E-state index in [1.165, 1.54) is 11.3 Å². The molecule has 1 aliphatic heterocycles. The lowest BCUT2D eigenvalue weighted by molar-refractivity contribution is -0.117. The van der Waals surface area contributed by atoms with Crippen LogP contribution in [0, 0.1) is 0 Å². The minimum atomic E-state index is -0.0849. The Morgan fingerprint density at radius 1 is 1.04 bits per heavy atom. The van der Waals surface area contributed by atoms with Crippen LogP contribution in [0.25, 0.3) is 0 Å². The van der Waals surface area contributed by atoms with Crippen LogP contribution < -0.4 is 5.32 Å². The van der Waals surface area contributed by atoms with Crippen LogP contribution in [0.15, 0.2) is 24.3 Å². The number of amides is 1. The lowest BCUT2D eigenvalue weighted by Crippen LogP contribution is -2.36. The van der Waals surface area contributed by atoms with Crippen LogP contribution in [0.2, 0.25) is 5.02 Å². The molecule has 148 valence electrons. The van der Waals surface area contributed by atoms with Crippen molar-refractivity contribution in [2.75, 3.05) is 25.0 Å². The predicted octanol–water partition coefficient (Wildman–Crippen LogP) is 4.94. The third kappa shape index (κ3) is 4.17. The molecule has 0 unspecified atom stereocenters. The maximum Gasteiger partial charge on any atom is 0.239 e. The quantitative estimate of drug-likeness (QED) is 0.702. The lowest BCUT2D eigenvalue weighted by Gasteiger charge is -2.25. The van der Waals surface area contributed by atoms with E-state index in [0.29, 0.717) is 27.7 Å². The van der Waals surface area contributed by atoms with E-state index in [4.69, 9.17) is 11.6 Å². The Bertz CT molecular complexity index is 887. The molecule has 4 nitrogen and oxygen atoms in total. The minimum absolute atomic E-state index is 0.0336. The molecule has 1 aromatic carbocycles. The van der Waals surface area contributed by atoms with Crippen LogP contribution in [0.3, 0.4) is 0 Å². The Morgan fingerprint density at radius 3 is 2.57 bits per heavy atom. The second-order valence-electron chi connectivity index (χ2n) is 7.61. The number of carbonyl (C=O) groups is 2. The molecule has 2 aromatic rings. The molecule has 2 heterocycles. The van der Waals surface area contributed by atoms with Gasteiger partial charge in [-0.15, -0.1) is 11.3 Å². The van der Waals surface area contributed by atoms with Crippen molar-refractivity contribution in [1.29, 1.82) is 0 Å². The van der Waals surface area contributed by atoms with Crippen molar-refractivity contribution in [2.45, 2.75) is 44.9 Å².